The number of aromatic amines is 1. The van der Waals surface area contributed by atoms with E-state index in [4.69, 9.17) is 0 Å². The molecule has 0 saturated carbocycles. The van der Waals surface area contributed by atoms with Gasteiger partial charge >= 0.3 is 6.18 Å². The van der Waals surface area contributed by atoms with Gasteiger partial charge in [-0.1, -0.05) is 13.8 Å². The first-order chi connectivity index (χ1) is 18.0. The van der Waals surface area contributed by atoms with Gasteiger partial charge in [-0.25, -0.2) is 4.98 Å². The summed E-state index contributed by atoms with van der Waals surface area (Å²) in [6.07, 6.45) is 5.28. The van der Waals surface area contributed by atoms with Crippen LogP contribution in [-0.2, 0) is 18.4 Å². The average molecular weight is 529 g/mol. The fraction of sp³-hybridized carbons (Fsp3) is 0.320. The third-order valence-electron chi connectivity index (χ3n) is 5.79. The maximum absolute atomic E-state index is 12.7. The zero-order chi connectivity index (χ0) is 27.4. The molecule has 0 fully saturated rings. The van der Waals surface area contributed by atoms with E-state index in [-0.39, 0.29) is 11.8 Å². The van der Waals surface area contributed by atoms with Gasteiger partial charge in [0.1, 0.15) is 18.2 Å². The molecule has 200 valence electrons. The Bertz CT molecular complexity index is 1440. The Balaban J connectivity index is 1.53. The van der Waals surface area contributed by atoms with Crippen LogP contribution in [0.25, 0.3) is 22.2 Å². The molecule has 4 aromatic rings. The third-order valence-corrected chi connectivity index (χ3v) is 5.79. The summed E-state index contributed by atoms with van der Waals surface area (Å²) in [7, 11) is 1.79. The number of carbonyl (C=O) groups is 2. The molecule has 1 unspecified atom stereocenters. The van der Waals surface area contributed by atoms with Crippen molar-refractivity contribution in [1.29, 1.82) is 0 Å². The van der Waals surface area contributed by atoms with Gasteiger partial charge < -0.3 is 20.9 Å². The maximum Gasteiger partial charge on any atom is 0.405 e. The first-order valence-electron chi connectivity index (χ1n) is 11.8. The van der Waals surface area contributed by atoms with Gasteiger partial charge in [-0.2, -0.15) is 18.3 Å². The number of carbonyl (C=O) groups excluding carboxylic acids is 2. The number of H-pyrrole nitrogens is 1. The summed E-state index contributed by atoms with van der Waals surface area (Å²) in [5.74, 6) is -1.36. The first-order valence-corrected chi connectivity index (χ1v) is 11.8. The van der Waals surface area contributed by atoms with E-state index in [9.17, 15) is 22.8 Å². The summed E-state index contributed by atoms with van der Waals surface area (Å²) in [6.45, 7) is 2.37. The number of anilines is 1. The lowest BCUT2D eigenvalue weighted by molar-refractivity contribution is -0.139. The SMILES string of the molecule is CC(C)C(Nc1cncc(-c2c[nH]c3ncc(C(=O)NCc4cnn(C)c4)cc23)c1)C(=O)NCC(F)(F)F. The van der Waals surface area contributed by atoms with Gasteiger partial charge in [0.2, 0.25) is 5.91 Å². The van der Waals surface area contributed by atoms with Crippen molar-refractivity contribution in [3.8, 4) is 11.1 Å². The van der Waals surface area contributed by atoms with E-state index in [0.29, 0.717) is 40.0 Å². The van der Waals surface area contributed by atoms with E-state index in [2.05, 4.69) is 30.7 Å². The number of rotatable bonds is 9. The zero-order valence-electron chi connectivity index (χ0n) is 20.9. The highest BCUT2D eigenvalue weighted by molar-refractivity contribution is 6.01. The van der Waals surface area contributed by atoms with Crippen molar-refractivity contribution in [3.63, 3.8) is 0 Å². The molecule has 0 aliphatic carbocycles. The van der Waals surface area contributed by atoms with Gasteiger partial charge in [0.15, 0.2) is 0 Å². The topological polar surface area (TPSA) is 130 Å². The monoisotopic (exact) mass is 528 g/mol. The number of nitrogens with zero attached hydrogens (tertiary/aromatic N) is 4. The third kappa shape index (κ3) is 6.47. The van der Waals surface area contributed by atoms with Crippen molar-refractivity contribution in [2.75, 3.05) is 11.9 Å². The fourth-order valence-electron chi connectivity index (χ4n) is 3.89. The standard InChI is InChI=1S/C25H27F3N8O2/c1-14(2)21(24(38)33-13-25(26,27)28)35-18-4-16(8-29-10-18)20-11-31-22-19(20)5-17(9-30-22)23(37)32-6-15-7-34-36(3)12-15/h4-5,7-12,14,21,35H,6,13H2,1-3H3,(H,30,31)(H,32,37)(H,33,38). The van der Waals surface area contributed by atoms with E-state index in [1.807, 2.05) is 11.5 Å². The van der Waals surface area contributed by atoms with E-state index in [0.717, 1.165) is 5.56 Å². The summed E-state index contributed by atoms with van der Waals surface area (Å²) >= 11 is 0. The Morgan fingerprint density at radius 2 is 1.89 bits per heavy atom. The van der Waals surface area contributed by atoms with Crippen LogP contribution in [-0.4, -0.2) is 55.3 Å². The number of alkyl halides is 3. The Morgan fingerprint density at radius 3 is 2.58 bits per heavy atom. The Labute approximate surface area is 216 Å². The molecule has 4 heterocycles. The minimum Gasteiger partial charge on any atom is -0.372 e. The molecule has 0 bridgehead atoms. The fourth-order valence-corrected chi connectivity index (χ4v) is 3.89. The predicted octanol–water partition coefficient (Wildman–Crippen LogP) is 3.40. The molecule has 4 rings (SSSR count). The van der Waals surface area contributed by atoms with Gasteiger partial charge in [0, 0.05) is 66.7 Å². The summed E-state index contributed by atoms with van der Waals surface area (Å²) in [4.78, 5) is 36.8. The zero-order valence-corrected chi connectivity index (χ0v) is 20.9. The highest BCUT2D eigenvalue weighted by atomic mass is 19.4. The molecule has 2 amide bonds. The number of fused-ring (bicyclic) bond motifs is 1. The lowest BCUT2D eigenvalue weighted by Crippen LogP contribution is -2.46. The lowest BCUT2D eigenvalue weighted by atomic mass is 10.0. The number of aryl methyl sites for hydroxylation is 1. The van der Waals surface area contributed by atoms with Gasteiger partial charge in [-0.3, -0.25) is 19.3 Å². The molecule has 10 nitrogen and oxygen atoms in total. The Hall–Kier alpha value is -4.42. The van der Waals surface area contributed by atoms with Crippen LogP contribution in [0.4, 0.5) is 18.9 Å². The smallest absolute Gasteiger partial charge is 0.372 e. The van der Waals surface area contributed by atoms with Crippen LogP contribution in [0.5, 0.6) is 0 Å². The van der Waals surface area contributed by atoms with Gasteiger partial charge in [-0.05, 0) is 18.1 Å². The van der Waals surface area contributed by atoms with Crippen LogP contribution in [0.2, 0.25) is 0 Å². The van der Waals surface area contributed by atoms with Crippen LogP contribution in [0, 0.1) is 5.92 Å². The maximum atomic E-state index is 12.7. The first kappa shape index (κ1) is 26.6. The molecule has 4 aromatic heterocycles. The summed E-state index contributed by atoms with van der Waals surface area (Å²) in [6, 6.07) is 2.54. The summed E-state index contributed by atoms with van der Waals surface area (Å²) < 4.78 is 39.3. The number of amides is 2. The van der Waals surface area contributed by atoms with E-state index in [1.54, 1.807) is 56.3 Å². The van der Waals surface area contributed by atoms with Crippen molar-refractivity contribution in [2.45, 2.75) is 32.6 Å². The molecule has 4 N–H and O–H groups in total. The molecule has 0 radical (unpaired) electrons. The molecule has 0 aromatic carbocycles. The quantitative estimate of drug-likeness (QED) is 0.264. The lowest BCUT2D eigenvalue weighted by Gasteiger charge is -2.23. The second-order valence-corrected chi connectivity index (χ2v) is 9.19. The number of pyridine rings is 2. The molecule has 0 spiro atoms. The van der Waals surface area contributed by atoms with E-state index >= 15 is 0 Å². The normalized spacial score (nSPS) is 12.5. The summed E-state index contributed by atoms with van der Waals surface area (Å²) in [5, 5.41) is 12.5. The van der Waals surface area contributed by atoms with Gasteiger partial charge in [-0.15, -0.1) is 0 Å². The second kappa shape index (κ2) is 10.9. The Kier molecular flexibility index (Phi) is 7.65. The second-order valence-electron chi connectivity index (χ2n) is 9.19. The molecule has 0 saturated heterocycles. The van der Waals surface area contributed by atoms with Crippen molar-refractivity contribution < 1.29 is 22.8 Å². The molecule has 13 heteroatoms. The summed E-state index contributed by atoms with van der Waals surface area (Å²) in [5.41, 5.74) is 3.62. The number of nitrogens with one attached hydrogen (secondary N) is 4. The molecular formula is C25H27F3N8O2. The van der Waals surface area contributed by atoms with Gasteiger partial charge in [0.25, 0.3) is 5.91 Å². The molecule has 0 aliphatic heterocycles. The van der Waals surface area contributed by atoms with E-state index in [1.165, 1.54) is 12.4 Å². The largest absolute Gasteiger partial charge is 0.405 e. The van der Waals surface area contributed by atoms with Crippen molar-refractivity contribution in [3.05, 3.63) is 60.4 Å². The van der Waals surface area contributed by atoms with Crippen molar-refractivity contribution >= 4 is 28.5 Å². The van der Waals surface area contributed by atoms with E-state index < -0.39 is 24.7 Å². The Morgan fingerprint density at radius 1 is 1.11 bits per heavy atom. The number of halogens is 3. The molecular weight excluding hydrogens is 501 g/mol. The average Bonchev–Trinajstić information content (AvgIpc) is 3.49. The number of aromatic nitrogens is 5. The molecule has 1 atom stereocenters. The number of hydrogen-bond acceptors (Lipinski definition) is 6. The predicted molar refractivity (Wildman–Crippen MR) is 135 cm³/mol. The highest BCUT2D eigenvalue weighted by Gasteiger charge is 2.30. The molecule has 38 heavy (non-hydrogen) atoms. The highest BCUT2D eigenvalue weighted by Crippen LogP contribution is 2.30. The molecule has 0 aliphatic rings. The minimum atomic E-state index is -4.50. The van der Waals surface area contributed by atoms with Crippen molar-refractivity contribution in [1.82, 2.24) is 35.4 Å². The van der Waals surface area contributed by atoms with Crippen LogP contribution in [0.3, 0.4) is 0 Å². The minimum absolute atomic E-state index is 0.295. The van der Waals surface area contributed by atoms with Gasteiger partial charge in [0.05, 0.1) is 17.4 Å². The van der Waals surface area contributed by atoms with Crippen molar-refractivity contribution in [2.24, 2.45) is 13.0 Å². The van der Waals surface area contributed by atoms with Crippen LogP contribution >= 0.6 is 0 Å². The number of hydrogen-bond donors (Lipinski definition) is 4. The van der Waals surface area contributed by atoms with Crippen LogP contribution in [0.1, 0.15) is 29.8 Å². The van der Waals surface area contributed by atoms with Crippen LogP contribution in [0.15, 0.2) is 49.3 Å². The van der Waals surface area contributed by atoms with Crippen LogP contribution < -0.4 is 16.0 Å².